The van der Waals surface area contributed by atoms with Crippen LogP contribution in [0, 0.1) is 18.8 Å². The van der Waals surface area contributed by atoms with Crippen LogP contribution in [0.4, 0.5) is 4.79 Å². The van der Waals surface area contributed by atoms with Crippen LogP contribution in [0.1, 0.15) is 27.7 Å². The first-order valence-electron chi connectivity index (χ1n) is 9.43. The normalized spacial score (nSPS) is 24.2. The third-order valence-electron chi connectivity index (χ3n) is 5.92. The molecule has 0 unspecified atom stereocenters. The number of aryl methyl sites for hydroxylation is 1. The lowest BCUT2D eigenvalue weighted by Crippen LogP contribution is -2.42. The summed E-state index contributed by atoms with van der Waals surface area (Å²) in [5, 5.41) is 0. The van der Waals surface area contributed by atoms with Crippen LogP contribution in [0.3, 0.4) is 0 Å². The van der Waals surface area contributed by atoms with E-state index in [4.69, 9.17) is 0 Å². The van der Waals surface area contributed by atoms with Crippen molar-refractivity contribution in [2.45, 2.75) is 13.0 Å². The fraction of sp³-hybridized carbons (Fsp3) is 0.429. The van der Waals surface area contributed by atoms with Gasteiger partial charge in [-0.25, -0.2) is 4.79 Å². The number of likely N-dealkylation sites (tertiary alicyclic amines) is 2. The highest BCUT2D eigenvalue weighted by atomic mass is 16.2. The zero-order valence-electron chi connectivity index (χ0n) is 16.1. The lowest BCUT2D eigenvalue weighted by molar-refractivity contribution is 0.0761. The van der Waals surface area contributed by atoms with E-state index < -0.39 is 0 Å². The van der Waals surface area contributed by atoms with Crippen LogP contribution in [0.2, 0.25) is 0 Å². The van der Waals surface area contributed by atoms with Crippen LogP contribution in [0.15, 0.2) is 42.6 Å². The average molecular weight is 366 g/mol. The number of carbonyl (C=O) groups excluding carboxylic acids is 2. The number of hydrogen-bond donors (Lipinski definition) is 1. The molecule has 2 aromatic rings. The number of nitrogens with one attached hydrogen (secondary N) is 1. The van der Waals surface area contributed by atoms with Crippen LogP contribution < -0.4 is 0 Å². The first-order valence-corrected chi connectivity index (χ1v) is 9.43. The van der Waals surface area contributed by atoms with Crippen LogP contribution in [-0.4, -0.2) is 65.4 Å². The van der Waals surface area contributed by atoms with Crippen molar-refractivity contribution in [3.05, 3.63) is 59.4 Å². The molecule has 0 bridgehead atoms. The Hall–Kier alpha value is -2.76. The lowest BCUT2D eigenvalue weighted by atomic mass is 9.88. The number of urea groups is 1. The van der Waals surface area contributed by atoms with Crippen LogP contribution in [-0.2, 0) is 0 Å². The summed E-state index contributed by atoms with van der Waals surface area (Å²) in [5.41, 5.74) is 3.01. The molecule has 27 heavy (non-hydrogen) atoms. The van der Waals surface area contributed by atoms with E-state index >= 15 is 0 Å². The molecule has 0 radical (unpaired) electrons. The quantitative estimate of drug-likeness (QED) is 0.888. The summed E-state index contributed by atoms with van der Waals surface area (Å²) in [4.78, 5) is 34.2. The molecule has 2 fully saturated rings. The van der Waals surface area contributed by atoms with Crippen LogP contribution in [0.5, 0.6) is 0 Å². The summed E-state index contributed by atoms with van der Waals surface area (Å²) in [6.45, 7) is 4.16. The van der Waals surface area contributed by atoms with E-state index in [9.17, 15) is 9.59 Å². The second-order valence-electron chi connectivity index (χ2n) is 7.85. The Kier molecular flexibility index (Phi) is 4.42. The summed E-state index contributed by atoms with van der Waals surface area (Å²) in [6, 6.07) is 12.0. The molecule has 1 aromatic carbocycles. The highest BCUT2D eigenvalue weighted by Crippen LogP contribution is 2.46. The molecule has 2 aliphatic rings. The van der Waals surface area contributed by atoms with E-state index in [0.717, 1.165) is 0 Å². The molecule has 3 atom stereocenters. The summed E-state index contributed by atoms with van der Waals surface area (Å²) < 4.78 is 0. The molecule has 142 valence electrons. The minimum absolute atomic E-state index is 0.00698. The third-order valence-corrected chi connectivity index (χ3v) is 5.92. The maximum atomic E-state index is 12.8. The van der Waals surface area contributed by atoms with Crippen molar-refractivity contribution in [2.24, 2.45) is 11.8 Å². The summed E-state index contributed by atoms with van der Waals surface area (Å²) in [7, 11) is 3.60. The number of benzene rings is 1. The zero-order chi connectivity index (χ0) is 19.1. The fourth-order valence-corrected chi connectivity index (χ4v) is 4.62. The molecule has 3 amide bonds. The maximum Gasteiger partial charge on any atom is 0.320 e. The monoisotopic (exact) mass is 366 g/mol. The van der Waals surface area contributed by atoms with E-state index in [1.54, 1.807) is 25.2 Å². The smallest absolute Gasteiger partial charge is 0.320 e. The van der Waals surface area contributed by atoms with Crippen LogP contribution >= 0.6 is 0 Å². The second-order valence-corrected chi connectivity index (χ2v) is 7.85. The molecule has 1 N–H and O–H groups in total. The molecular weight excluding hydrogens is 340 g/mol. The molecule has 2 saturated heterocycles. The highest BCUT2D eigenvalue weighted by Gasteiger charge is 2.50. The Morgan fingerprint density at radius 1 is 1.07 bits per heavy atom. The summed E-state index contributed by atoms with van der Waals surface area (Å²) >= 11 is 0. The Labute approximate surface area is 159 Å². The van der Waals surface area contributed by atoms with E-state index in [-0.39, 0.29) is 23.9 Å². The van der Waals surface area contributed by atoms with Crippen molar-refractivity contribution >= 4 is 11.9 Å². The first kappa shape index (κ1) is 17.6. The van der Waals surface area contributed by atoms with Crippen molar-refractivity contribution in [1.82, 2.24) is 19.7 Å². The number of H-pyrrole nitrogens is 1. The Morgan fingerprint density at radius 2 is 1.85 bits per heavy atom. The van der Waals surface area contributed by atoms with Crippen molar-refractivity contribution in [3.63, 3.8) is 0 Å². The Morgan fingerprint density at radius 3 is 2.52 bits per heavy atom. The molecule has 1 aromatic heterocycles. The fourth-order valence-electron chi connectivity index (χ4n) is 4.62. The van der Waals surface area contributed by atoms with Gasteiger partial charge in [-0.1, -0.05) is 24.3 Å². The number of nitrogens with zero attached hydrogens (tertiary/aromatic N) is 3. The molecule has 2 aliphatic heterocycles. The third kappa shape index (κ3) is 2.99. The van der Waals surface area contributed by atoms with Gasteiger partial charge >= 0.3 is 6.03 Å². The minimum atomic E-state index is 0.00698. The van der Waals surface area contributed by atoms with Gasteiger partial charge in [0, 0.05) is 51.8 Å². The molecule has 3 heterocycles. The number of hydrogen-bond acceptors (Lipinski definition) is 2. The number of rotatable bonds is 2. The number of amides is 3. The van der Waals surface area contributed by atoms with Gasteiger partial charge in [-0.05, 0) is 30.2 Å². The van der Waals surface area contributed by atoms with E-state index in [1.807, 2.05) is 34.1 Å². The second kappa shape index (κ2) is 6.76. The van der Waals surface area contributed by atoms with Gasteiger partial charge in [-0.3, -0.25) is 4.79 Å². The van der Waals surface area contributed by atoms with Gasteiger partial charge in [0.2, 0.25) is 0 Å². The van der Waals surface area contributed by atoms with Gasteiger partial charge in [-0.15, -0.1) is 0 Å². The standard InChI is InChI=1S/C21H26N4O2/c1-14-7-4-5-8-16(14)19-17-13-24(20(26)18-9-6-10-22-18)11-15(17)12-25(19)21(27)23(2)3/h4-10,15,17,19,22H,11-13H2,1-3H3/t15-,17-,19+/m1/s1. The molecule has 0 spiro atoms. The number of carbonyl (C=O) groups is 2. The largest absolute Gasteiger partial charge is 0.357 e. The Bertz CT molecular complexity index is 846. The maximum absolute atomic E-state index is 12.8. The number of aromatic nitrogens is 1. The zero-order valence-corrected chi connectivity index (χ0v) is 16.1. The number of fused-ring (bicyclic) bond motifs is 1. The van der Waals surface area contributed by atoms with Gasteiger partial charge in [0.1, 0.15) is 5.69 Å². The van der Waals surface area contributed by atoms with Gasteiger partial charge in [-0.2, -0.15) is 0 Å². The molecule has 6 heteroatoms. The van der Waals surface area contributed by atoms with E-state index in [1.165, 1.54) is 11.1 Å². The Balaban J connectivity index is 1.64. The SMILES string of the molecule is Cc1ccccc1[C@H]1[C@@H]2CN(C(=O)c3ccc[nH]3)C[C@@H]2CN1C(=O)N(C)C. The summed E-state index contributed by atoms with van der Waals surface area (Å²) in [5.74, 6) is 0.606. The van der Waals surface area contributed by atoms with E-state index in [0.29, 0.717) is 31.2 Å². The van der Waals surface area contributed by atoms with Crippen molar-refractivity contribution in [2.75, 3.05) is 33.7 Å². The van der Waals surface area contributed by atoms with Gasteiger partial charge < -0.3 is 19.7 Å². The molecular formula is C21H26N4O2. The van der Waals surface area contributed by atoms with Crippen molar-refractivity contribution in [3.8, 4) is 0 Å². The minimum Gasteiger partial charge on any atom is -0.357 e. The molecule has 6 nitrogen and oxygen atoms in total. The first-order chi connectivity index (χ1) is 13.0. The summed E-state index contributed by atoms with van der Waals surface area (Å²) in [6.07, 6.45) is 1.78. The molecule has 0 aliphatic carbocycles. The van der Waals surface area contributed by atoms with Crippen molar-refractivity contribution < 1.29 is 9.59 Å². The predicted octanol–water partition coefficient (Wildman–Crippen LogP) is 2.75. The van der Waals surface area contributed by atoms with Gasteiger partial charge in [0.25, 0.3) is 5.91 Å². The number of aromatic amines is 1. The van der Waals surface area contributed by atoms with E-state index in [2.05, 4.69) is 24.0 Å². The van der Waals surface area contributed by atoms with Gasteiger partial charge in [0.05, 0.1) is 6.04 Å². The average Bonchev–Trinajstić information content (AvgIpc) is 3.37. The topological polar surface area (TPSA) is 59.7 Å². The van der Waals surface area contributed by atoms with Gasteiger partial charge in [0.15, 0.2) is 0 Å². The predicted molar refractivity (Wildman–Crippen MR) is 103 cm³/mol. The molecule has 0 saturated carbocycles. The van der Waals surface area contributed by atoms with Crippen molar-refractivity contribution in [1.29, 1.82) is 0 Å². The lowest BCUT2D eigenvalue weighted by Gasteiger charge is -2.32. The van der Waals surface area contributed by atoms with Crippen LogP contribution in [0.25, 0.3) is 0 Å². The molecule has 4 rings (SSSR count). The highest BCUT2D eigenvalue weighted by molar-refractivity contribution is 5.92.